The van der Waals surface area contributed by atoms with Crippen LogP contribution in [0.4, 0.5) is 8.78 Å². The van der Waals surface area contributed by atoms with Crippen molar-refractivity contribution in [3.05, 3.63) is 189 Å². The number of phenols is 1. The fourth-order valence-electron chi connectivity index (χ4n) is 8.12. The molecule has 9 nitrogen and oxygen atoms in total. The Morgan fingerprint density at radius 1 is 0.514 bits per heavy atom. The molecule has 0 bridgehead atoms. The number of hydrogen-bond donors (Lipinski definition) is 1. The summed E-state index contributed by atoms with van der Waals surface area (Å²) in [6.07, 6.45) is 5.10. The van der Waals surface area contributed by atoms with Crippen molar-refractivity contribution in [1.29, 1.82) is 0 Å². The van der Waals surface area contributed by atoms with Gasteiger partial charge in [0.15, 0.2) is 0 Å². The Kier molecular flexibility index (Phi) is 16.1. The number of carbonyl (C=O) groups excluding carboxylic acids is 3. The van der Waals surface area contributed by atoms with Crippen molar-refractivity contribution in [2.75, 3.05) is 6.61 Å². The van der Waals surface area contributed by atoms with Gasteiger partial charge in [-0.25, -0.2) is 8.78 Å². The fourth-order valence-corrected chi connectivity index (χ4v) is 8.12. The first-order valence-corrected chi connectivity index (χ1v) is 23.2. The van der Waals surface area contributed by atoms with Crippen LogP contribution in [0.25, 0.3) is 21.8 Å². The molecule has 0 fully saturated rings. The van der Waals surface area contributed by atoms with E-state index < -0.39 is 0 Å². The molecule has 8 rings (SSSR count). The zero-order chi connectivity index (χ0) is 50.1. The minimum absolute atomic E-state index is 0.0401. The molecule has 11 heteroatoms. The highest BCUT2D eigenvalue weighted by atomic mass is 19.1. The summed E-state index contributed by atoms with van der Waals surface area (Å²) in [5, 5.41) is 11.6. The Bertz CT molecular complexity index is 3260. The van der Waals surface area contributed by atoms with Gasteiger partial charge in [-0.15, -0.1) is 0 Å². The number of aromatic hydroxyl groups is 1. The van der Waals surface area contributed by atoms with E-state index in [9.17, 15) is 28.3 Å². The van der Waals surface area contributed by atoms with Gasteiger partial charge in [-0.2, -0.15) is 0 Å². The second-order valence-electron chi connectivity index (χ2n) is 17.9. The second kappa shape index (κ2) is 22.5. The third-order valence-electron chi connectivity index (χ3n) is 12.0. The number of rotatable bonds is 17. The number of benzene rings is 6. The van der Waals surface area contributed by atoms with Crippen LogP contribution < -0.4 is 14.2 Å². The van der Waals surface area contributed by atoms with E-state index in [4.69, 9.17) is 14.2 Å². The molecule has 2 aromatic heterocycles. The van der Waals surface area contributed by atoms with E-state index in [1.54, 1.807) is 55.7 Å². The minimum Gasteiger partial charge on any atom is -0.508 e. The lowest BCUT2D eigenvalue weighted by atomic mass is 9.98. The van der Waals surface area contributed by atoms with Crippen LogP contribution in [0.5, 0.6) is 34.5 Å². The molecular weight excluding hydrogens is 887 g/mol. The lowest BCUT2D eigenvalue weighted by Gasteiger charge is -2.14. The Balaban J connectivity index is 0.000000209. The Morgan fingerprint density at radius 2 is 0.986 bits per heavy atom. The molecule has 0 saturated carbocycles. The standard InChI is InChI=1S/C32H32FNO4.C27H24FNO3/c1-20-7-10-29(33)25(14-20)18-26(36)17-24-8-9-27(15-21(24)2)38-31-11-12-34-30-19-32(22(3)16-28(30)31)37-13-5-6-23(4)35;1-16-4-7-24(28)20(10-16)14-21(30)13-19-5-6-22(11-17(19)2)32-27-8-9-29-25-15-26(31)18(3)12-23(25)27/h7-12,14-16,19H,5-6,13,17-18H2,1-4H3;4-12,15,31H,13-14H2,1-3H3. The summed E-state index contributed by atoms with van der Waals surface area (Å²) >= 11 is 0. The molecule has 0 unspecified atom stereocenters. The van der Waals surface area contributed by atoms with E-state index in [2.05, 4.69) is 9.97 Å². The number of halogens is 2. The molecule has 358 valence electrons. The number of ether oxygens (including phenoxy) is 3. The number of fused-ring (bicyclic) bond motifs is 2. The Morgan fingerprint density at radius 3 is 1.47 bits per heavy atom. The first-order chi connectivity index (χ1) is 33.5. The highest BCUT2D eigenvalue weighted by molar-refractivity contribution is 5.89. The van der Waals surface area contributed by atoms with Crippen LogP contribution in [-0.2, 0) is 40.1 Å². The third kappa shape index (κ3) is 13.0. The molecule has 0 radical (unpaired) electrons. The second-order valence-corrected chi connectivity index (χ2v) is 17.9. The zero-order valence-electron chi connectivity index (χ0n) is 40.5. The van der Waals surface area contributed by atoms with E-state index in [1.165, 1.54) is 12.1 Å². The molecule has 6 aromatic carbocycles. The van der Waals surface area contributed by atoms with Crippen LogP contribution in [0.15, 0.2) is 122 Å². The van der Waals surface area contributed by atoms with Crippen molar-refractivity contribution >= 4 is 39.2 Å². The van der Waals surface area contributed by atoms with E-state index in [-0.39, 0.29) is 60.4 Å². The summed E-state index contributed by atoms with van der Waals surface area (Å²) in [6.45, 7) is 13.5. The highest BCUT2D eigenvalue weighted by Crippen LogP contribution is 2.35. The van der Waals surface area contributed by atoms with Crippen molar-refractivity contribution in [1.82, 2.24) is 9.97 Å². The van der Waals surface area contributed by atoms with Crippen molar-refractivity contribution < 1.29 is 42.5 Å². The van der Waals surface area contributed by atoms with E-state index >= 15 is 0 Å². The number of aromatic nitrogens is 2. The number of Topliss-reactive ketones (excluding diaryl/α,β-unsaturated/α-hetero) is 3. The van der Waals surface area contributed by atoms with Crippen LogP contribution in [0.1, 0.15) is 75.4 Å². The summed E-state index contributed by atoms with van der Waals surface area (Å²) < 4.78 is 46.3. The molecule has 70 heavy (non-hydrogen) atoms. The number of ketones is 3. The average Bonchev–Trinajstić information content (AvgIpc) is 3.30. The van der Waals surface area contributed by atoms with Crippen molar-refractivity contribution in [2.24, 2.45) is 0 Å². The first kappa shape index (κ1) is 50.1. The molecule has 2 heterocycles. The topological polar surface area (TPSA) is 125 Å². The number of hydrogen-bond acceptors (Lipinski definition) is 9. The third-order valence-corrected chi connectivity index (χ3v) is 12.0. The number of nitrogens with zero attached hydrogens (tertiary/aromatic N) is 2. The maximum atomic E-state index is 14.1. The number of aryl methyl sites for hydroxylation is 6. The number of phenolic OH excluding ortho intramolecular Hbond substituents is 1. The number of pyridine rings is 2. The van der Waals surface area contributed by atoms with Gasteiger partial charge in [0.05, 0.1) is 17.6 Å². The summed E-state index contributed by atoms with van der Waals surface area (Å²) in [5.41, 5.74) is 9.43. The Hall–Kier alpha value is -7.79. The van der Waals surface area contributed by atoms with Crippen molar-refractivity contribution in [3.8, 4) is 34.5 Å². The van der Waals surface area contributed by atoms with Crippen LogP contribution in [0, 0.1) is 53.2 Å². The molecule has 0 aliphatic heterocycles. The minimum atomic E-state index is -0.351. The van der Waals surface area contributed by atoms with E-state index in [0.717, 1.165) is 66.5 Å². The zero-order valence-corrected chi connectivity index (χ0v) is 40.5. The van der Waals surface area contributed by atoms with E-state index in [0.29, 0.717) is 59.1 Å². The maximum absolute atomic E-state index is 14.1. The predicted molar refractivity (Wildman–Crippen MR) is 270 cm³/mol. The largest absolute Gasteiger partial charge is 0.508 e. The van der Waals surface area contributed by atoms with Gasteiger partial charge in [0, 0.05) is 67.4 Å². The van der Waals surface area contributed by atoms with Gasteiger partial charge >= 0.3 is 0 Å². The smallest absolute Gasteiger partial charge is 0.141 e. The lowest BCUT2D eigenvalue weighted by Crippen LogP contribution is -2.09. The molecule has 0 amide bonds. The van der Waals surface area contributed by atoms with Crippen LogP contribution in [0.2, 0.25) is 0 Å². The van der Waals surface area contributed by atoms with Gasteiger partial charge in [-0.3, -0.25) is 19.6 Å². The van der Waals surface area contributed by atoms with Gasteiger partial charge in [0.2, 0.25) is 0 Å². The highest BCUT2D eigenvalue weighted by Gasteiger charge is 2.16. The van der Waals surface area contributed by atoms with E-state index in [1.807, 2.05) is 102 Å². The molecule has 0 spiro atoms. The number of carbonyl (C=O) groups is 3. The van der Waals surface area contributed by atoms with Crippen LogP contribution in [-0.4, -0.2) is 39.0 Å². The molecule has 0 saturated heterocycles. The monoisotopic (exact) mass is 942 g/mol. The quantitative estimate of drug-likeness (QED) is 0.0888. The molecule has 1 N–H and O–H groups in total. The molecular formula is C59H56F2N2O7. The van der Waals surface area contributed by atoms with Crippen molar-refractivity contribution in [3.63, 3.8) is 0 Å². The summed E-state index contributed by atoms with van der Waals surface area (Å²) in [6, 6.07) is 31.8. The first-order valence-electron chi connectivity index (χ1n) is 23.2. The van der Waals surface area contributed by atoms with Gasteiger partial charge in [0.25, 0.3) is 0 Å². The van der Waals surface area contributed by atoms with Crippen LogP contribution >= 0.6 is 0 Å². The predicted octanol–water partition coefficient (Wildman–Crippen LogP) is 13.3. The van der Waals surface area contributed by atoms with Crippen molar-refractivity contribution in [2.45, 2.75) is 87.0 Å². The summed E-state index contributed by atoms with van der Waals surface area (Å²) in [7, 11) is 0. The molecule has 0 aliphatic rings. The van der Waals surface area contributed by atoms with Gasteiger partial charge in [-0.1, -0.05) is 47.5 Å². The van der Waals surface area contributed by atoms with Crippen LogP contribution in [0.3, 0.4) is 0 Å². The fraction of sp³-hybridized carbons (Fsp3) is 0.237. The van der Waals surface area contributed by atoms with Gasteiger partial charge < -0.3 is 24.1 Å². The van der Waals surface area contributed by atoms with Gasteiger partial charge in [-0.05, 0) is 160 Å². The maximum Gasteiger partial charge on any atom is 0.141 e. The summed E-state index contributed by atoms with van der Waals surface area (Å²) in [5.74, 6) is 2.89. The summed E-state index contributed by atoms with van der Waals surface area (Å²) in [4.78, 5) is 45.1. The molecule has 0 aliphatic carbocycles. The molecule has 8 aromatic rings. The normalized spacial score (nSPS) is 11.0. The SMILES string of the molecule is CC(=O)CCCOc1cc2nccc(Oc3ccc(CC(=O)Cc4cc(C)ccc4F)c(C)c3)c2cc1C.Cc1ccc(F)c(CC(=O)Cc2ccc(Oc3ccnc4cc(O)c(C)cc34)cc2C)c1. The molecule has 0 atom stereocenters. The lowest BCUT2D eigenvalue weighted by molar-refractivity contribution is -0.118. The average molecular weight is 943 g/mol. The van der Waals surface area contributed by atoms with Gasteiger partial charge in [0.1, 0.15) is 63.5 Å². The Labute approximate surface area is 407 Å².